The summed E-state index contributed by atoms with van der Waals surface area (Å²) >= 11 is 13.3. The number of hydrogen-bond donors (Lipinski definition) is 1. The Bertz CT molecular complexity index is 561. The van der Waals surface area contributed by atoms with Gasteiger partial charge in [-0.15, -0.1) is 29.9 Å². The number of aromatic hydroxyl groups is 1. The van der Waals surface area contributed by atoms with E-state index in [1.807, 2.05) is 0 Å². The molecule has 0 saturated carbocycles. The van der Waals surface area contributed by atoms with Crippen LogP contribution in [0.2, 0.25) is 0 Å². The molecule has 0 aromatic carbocycles. The van der Waals surface area contributed by atoms with E-state index in [0.717, 1.165) is 0 Å². The van der Waals surface area contributed by atoms with E-state index in [0.29, 0.717) is 0 Å². The van der Waals surface area contributed by atoms with Crippen LogP contribution in [-0.4, -0.2) is 35.0 Å². The van der Waals surface area contributed by atoms with Crippen LogP contribution in [-0.2, 0) is 0 Å². The smallest absolute Gasteiger partial charge is 0.337 e. The lowest BCUT2D eigenvalue weighted by molar-refractivity contribution is 0.404. The average molecular weight is 653 g/mol. The van der Waals surface area contributed by atoms with E-state index in [9.17, 15) is 0 Å². The lowest BCUT2D eigenvalue weighted by Crippen LogP contribution is -1.95. The predicted molar refractivity (Wildman–Crippen MR) is 89.1 cm³/mol. The van der Waals surface area contributed by atoms with E-state index in [-0.39, 0.29) is 30.1 Å². The molecule has 2 rings (SSSR count). The molecule has 1 N–H and O–H groups in total. The van der Waals surface area contributed by atoms with Crippen molar-refractivity contribution in [2.24, 2.45) is 0 Å². The maximum Gasteiger partial charge on any atom is 0.337 e. The third-order valence-corrected chi connectivity index (χ3v) is 2.95. The monoisotopic (exact) mass is 648 g/mol. The molecule has 0 atom stereocenters. The zero-order valence-electron chi connectivity index (χ0n) is 10.1. The van der Waals surface area contributed by atoms with E-state index in [1.54, 1.807) is 0 Å². The minimum absolute atomic E-state index is 0.0221. The molecule has 0 amide bonds. The maximum atomic E-state index is 8.79. The molecule has 23 heavy (non-hydrogen) atoms. The highest BCUT2D eigenvalue weighted by Gasteiger charge is 2.08. The highest BCUT2D eigenvalue weighted by molar-refractivity contribution is 9.06. The molecule has 0 spiro atoms. The van der Waals surface area contributed by atoms with Crippen molar-refractivity contribution < 1.29 is 24.2 Å². The molecular formula is C6HBr5N6O6. The van der Waals surface area contributed by atoms with Gasteiger partial charge in [0.15, 0.2) is 81.3 Å². The van der Waals surface area contributed by atoms with E-state index >= 15 is 0 Å². The van der Waals surface area contributed by atoms with Crippen LogP contribution in [0.4, 0.5) is 0 Å². The largest absolute Gasteiger partial charge is 0.479 e. The molecule has 0 fully saturated rings. The summed E-state index contributed by atoms with van der Waals surface area (Å²) in [6, 6.07) is -0.598. The van der Waals surface area contributed by atoms with E-state index in [4.69, 9.17) is 5.11 Å². The summed E-state index contributed by atoms with van der Waals surface area (Å²) in [5.41, 5.74) is 0. The first-order chi connectivity index (χ1) is 11.1. The molecule has 0 bridgehead atoms. The van der Waals surface area contributed by atoms with Crippen molar-refractivity contribution >= 4 is 81.3 Å². The Morgan fingerprint density at radius 1 is 0.478 bits per heavy atom. The summed E-state index contributed by atoms with van der Waals surface area (Å²) in [7, 11) is 0. The zero-order valence-corrected chi connectivity index (χ0v) is 18.0. The van der Waals surface area contributed by atoms with Crippen LogP contribution in [0.1, 0.15) is 0 Å². The van der Waals surface area contributed by atoms with Gasteiger partial charge < -0.3 is 24.2 Å². The molecule has 2 aromatic heterocycles. The zero-order chi connectivity index (χ0) is 17.2. The first-order valence-electron chi connectivity index (χ1n) is 4.70. The number of nitrogens with zero attached hydrogens (tertiary/aromatic N) is 6. The van der Waals surface area contributed by atoms with Crippen LogP contribution in [0.25, 0.3) is 0 Å². The topological polar surface area (TPSA) is 144 Å². The molecule has 2 aromatic rings. The van der Waals surface area contributed by atoms with E-state index in [1.165, 1.54) is 0 Å². The van der Waals surface area contributed by atoms with Gasteiger partial charge >= 0.3 is 36.1 Å². The summed E-state index contributed by atoms with van der Waals surface area (Å²) in [6.07, 6.45) is 0. The van der Waals surface area contributed by atoms with Crippen molar-refractivity contribution in [3.05, 3.63) is 0 Å². The van der Waals surface area contributed by atoms with Gasteiger partial charge in [0.2, 0.25) is 0 Å². The molecule has 126 valence electrons. The fourth-order valence-corrected chi connectivity index (χ4v) is 1.54. The first-order valence-corrected chi connectivity index (χ1v) is 7.94. The molecular weight excluding hydrogens is 652 g/mol. The lowest BCUT2D eigenvalue weighted by Gasteiger charge is -1.98. The summed E-state index contributed by atoms with van der Waals surface area (Å²) in [4.78, 5) is 21.2. The summed E-state index contributed by atoms with van der Waals surface area (Å²) in [5.74, 6) is 0. The van der Waals surface area contributed by atoms with Gasteiger partial charge in [0.05, 0.1) is 0 Å². The van der Waals surface area contributed by atoms with Gasteiger partial charge in [0, 0.05) is 0 Å². The van der Waals surface area contributed by atoms with Crippen molar-refractivity contribution in [3.8, 4) is 36.1 Å². The van der Waals surface area contributed by atoms with Gasteiger partial charge in [-0.25, -0.2) is 0 Å². The van der Waals surface area contributed by atoms with Gasteiger partial charge in [-0.1, -0.05) is 0 Å². The van der Waals surface area contributed by atoms with E-state index in [2.05, 4.69) is 130 Å². The van der Waals surface area contributed by atoms with Crippen molar-refractivity contribution in [1.82, 2.24) is 29.9 Å². The van der Waals surface area contributed by atoms with E-state index < -0.39 is 6.01 Å². The second-order valence-electron chi connectivity index (χ2n) is 2.77. The normalized spacial score (nSPS) is 9.26. The van der Waals surface area contributed by atoms with Gasteiger partial charge in [-0.2, -0.15) is 0 Å². The Labute approximate surface area is 170 Å². The van der Waals surface area contributed by atoms with Crippen LogP contribution >= 0.6 is 81.3 Å². The van der Waals surface area contributed by atoms with Crippen molar-refractivity contribution in [1.29, 1.82) is 0 Å². The number of halogens is 5. The second-order valence-corrected chi connectivity index (χ2v) is 4.39. The number of hydrogen-bond acceptors (Lipinski definition) is 12. The minimum Gasteiger partial charge on any atom is -0.479 e. The number of aromatic nitrogens is 6. The highest BCUT2D eigenvalue weighted by atomic mass is 79.9. The molecule has 2 heterocycles. The quantitative estimate of drug-likeness (QED) is 0.507. The van der Waals surface area contributed by atoms with Gasteiger partial charge in [-0.3, -0.25) is 0 Å². The Morgan fingerprint density at radius 3 is 0.913 bits per heavy atom. The van der Waals surface area contributed by atoms with Gasteiger partial charge in [0.1, 0.15) is 0 Å². The van der Waals surface area contributed by atoms with Crippen molar-refractivity contribution in [2.45, 2.75) is 0 Å². The molecule has 0 radical (unpaired) electrons. The minimum atomic E-state index is -0.482. The van der Waals surface area contributed by atoms with Crippen LogP contribution in [0.15, 0.2) is 0 Å². The fourth-order valence-electron chi connectivity index (χ4n) is 0.821. The summed E-state index contributed by atoms with van der Waals surface area (Å²) in [5, 5.41) is 8.79. The highest BCUT2D eigenvalue weighted by Crippen LogP contribution is 2.18. The van der Waals surface area contributed by atoms with Crippen LogP contribution in [0.3, 0.4) is 0 Å². The van der Waals surface area contributed by atoms with Gasteiger partial charge in [0.25, 0.3) is 0 Å². The SMILES string of the molecule is BrOc1nc(OBr)nc(OBr)n1.Oc1nc(OBr)nc(OBr)n1. The van der Waals surface area contributed by atoms with Crippen LogP contribution in [0.5, 0.6) is 36.1 Å². The maximum absolute atomic E-state index is 8.79. The third kappa shape index (κ3) is 7.10. The fraction of sp³-hybridized carbons (Fsp3) is 0. The molecule has 0 aliphatic heterocycles. The Morgan fingerprint density at radius 2 is 0.696 bits per heavy atom. The number of rotatable bonds is 5. The predicted octanol–water partition coefficient (Wildman–Crippen LogP) is 2.89. The molecule has 0 unspecified atom stereocenters. The summed E-state index contributed by atoms with van der Waals surface area (Å²) < 4.78 is 22.5. The molecule has 0 aliphatic rings. The Hall–Kier alpha value is -0.780. The second kappa shape index (κ2) is 10.9. The van der Waals surface area contributed by atoms with Gasteiger partial charge in [-0.05, 0) is 0 Å². The first kappa shape index (κ1) is 20.3. The molecule has 12 nitrogen and oxygen atoms in total. The third-order valence-electron chi connectivity index (χ3n) is 1.50. The lowest BCUT2D eigenvalue weighted by atomic mass is 10.9. The molecule has 0 aliphatic carbocycles. The Balaban J connectivity index is 0.000000231. The van der Waals surface area contributed by atoms with Crippen LogP contribution in [0, 0.1) is 0 Å². The van der Waals surface area contributed by atoms with Crippen molar-refractivity contribution in [3.63, 3.8) is 0 Å². The standard InChI is InChI=1S/C3Br3N3O3.C3HBr2N3O3/c4-10-1-7-2(11-5)9-3(8-1)12-6;4-10-2-6-1(9)7-3(8-2)11-5/h;(H,6,7,8,9). The summed E-state index contributed by atoms with van der Waals surface area (Å²) in [6.45, 7) is 0. The van der Waals surface area contributed by atoms with Crippen molar-refractivity contribution in [2.75, 3.05) is 0 Å². The average Bonchev–Trinajstić information content (AvgIpc) is 2.60. The molecule has 17 heteroatoms. The van der Waals surface area contributed by atoms with Crippen LogP contribution < -0.4 is 19.1 Å². The molecule has 0 saturated heterocycles. The Kier molecular flexibility index (Phi) is 9.60.